The van der Waals surface area contributed by atoms with E-state index in [9.17, 15) is 4.79 Å². The fraction of sp³-hybridized carbons (Fsp3) is 0.353. The first kappa shape index (κ1) is 14.9. The van der Waals surface area contributed by atoms with E-state index in [0.717, 1.165) is 18.6 Å². The number of hydrogen-bond donors (Lipinski definition) is 1. The van der Waals surface area contributed by atoms with Gasteiger partial charge in [-0.25, -0.2) is 4.79 Å². The molecule has 0 unspecified atom stereocenters. The van der Waals surface area contributed by atoms with Gasteiger partial charge in [-0.2, -0.15) is 11.3 Å². The highest BCUT2D eigenvalue weighted by Gasteiger charge is 2.32. The van der Waals surface area contributed by atoms with Crippen LogP contribution in [-0.2, 0) is 6.54 Å². The van der Waals surface area contributed by atoms with Crippen molar-refractivity contribution in [1.82, 2.24) is 10.2 Å². The maximum absolute atomic E-state index is 12.3. The number of rotatable bonds is 7. The lowest BCUT2D eigenvalue weighted by atomic mass is 10.3. The molecule has 22 heavy (non-hydrogen) atoms. The minimum atomic E-state index is 0.00496. The first-order chi connectivity index (χ1) is 10.8. The standard InChI is InChI=1S/C17H20N2O2S/c20-17(18-9-10-21-16-4-2-1-3-5-16)19(15-6-7-15)12-14-8-11-22-13-14/h1-5,8,11,13,15H,6-7,9-10,12H2,(H,18,20). The lowest BCUT2D eigenvalue weighted by molar-refractivity contribution is 0.189. The summed E-state index contributed by atoms with van der Waals surface area (Å²) < 4.78 is 5.59. The van der Waals surface area contributed by atoms with Gasteiger partial charge in [-0.05, 0) is 47.4 Å². The molecule has 1 aromatic heterocycles. The van der Waals surface area contributed by atoms with E-state index in [1.54, 1.807) is 11.3 Å². The van der Waals surface area contributed by atoms with Gasteiger partial charge >= 0.3 is 6.03 Å². The Balaban J connectivity index is 1.43. The molecule has 1 aromatic carbocycles. The molecule has 1 aliphatic rings. The average molecular weight is 316 g/mol. The second kappa shape index (κ2) is 7.31. The molecule has 2 aromatic rings. The van der Waals surface area contributed by atoms with Gasteiger partial charge in [0, 0.05) is 12.6 Å². The highest BCUT2D eigenvalue weighted by Crippen LogP contribution is 2.28. The van der Waals surface area contributed by atoms with Gasteiger partial charge in [-0.3, -0.25) is 0 Å². The third-order valence-corrected chi connectivity index (χ3v) is 4.30. The average Bonchev–Trinajstić information content (AvgIpc) is 3.26. The molecule has 1 N–H and O–H groups in total. The van der Waals surface area contributed by atoms with Gasteiger partial charge in [0.05, 0.1) is 6.54 Å². The summed E-state index contributed by atoms with van der Waals surface area (Å²) in [5, 5.41) is 7.10. The smallest absolute Gasteiger partial charge is 0.318 e. The van der Waals surface area contributed by atoms with Crippen LogP contribution in [0.25, 0.3) is 0 Å². The molecule has 5 heteroatoms. The fourth-order valence-corrected chi connectivity index (χ4v) is 2.94. The number of ether oxygens (including phenoxy) is 1. The first-order valence-corrected chi connectivity index (χ1v) is 8.50. The van der Waals surface area contributed by atoms with Crippen molar-refractivity contribution in [3.05, 3.63) is 52.7 Å². The number of nitrogens with zero attached hydrogens (tertiary/aromatic N) is 1. The van der Waals surface area contributed by atoms with E-state index in [-0.39, 0.29) is 6.03 Å². The van der Waals surface area contributed by atoms with E-state index >= 15 is 0 Å². The van der Waals surface area contributed by atoms with Crippen LogP contribution in [-0.4, -0.2) is 30.1 Å². The van der Waals surface area contributed by atoms with Gasteiger partial charge in [0.1, 0.15) is 12.4 Å². The van der Waals surface area contributed by atoms with E-state index in [2.05, 4.69) is 16.8 Å². The zero-order chi connectivity index (χ0) is 15.2. The lowest BCUT2D eigenvalue weighted by Crippen LogP contribution is -2.42. The maximum atomic E-state index is 12.3. The van der Waals surface area contributed by atoms with Crippen molar-refractivity contribution in [1.29, 1.82) is 0 Å². The molecule has 1 saturated carbocycles. The number of nitrogens with one attached hydrogen (secondary N) is 1. The van der Waals surface area contributed by atoms with Crippen LogP contribution in [0, 0.1) is 0 Å². The summed E-state index contributed by atoms with van der Waals surface area (Å²) in [6.07, 6.45) is 2.22. The molecule has 1 aliphatic carbocycles. The zero-order valence-electron chi connectivity index (χ0n) is 12.4. The predicted octanol–water partition coefficient (Wildman–Crippen LogP) is 3.50. The topological polar surface area (TPSA) is 41.6 Å². The summed E-state index contributed by atoms with van der Waals surface area (Å²) in [6.45, 7) is 1.69. The van der Waals surface area contributed by atoms with Crippen LogP contribution in [0.2, 0.25) is 0 Å². The molecule has 2 amide bonds. The van der Waals surface area contributed by atoms with E-state index in [1.165, 1.54) is 5.56 Å². The van der Waals surface area contributed by atoms with Gasteiger partial charge in [0.2, 0.25) is 0 Å². The minimum absolute atomic E-state index is 0.00496. The van der Waals surface area contributed by atoms with Crippen LogP contribution in [0.15, 0.2) is 47.2 Å². The Labute approximate surface area is 134 Å². The maximum Gasteiger partial charge on any atom is 0.318 e. The Bertz CT molecular complexity index is 582. The van der Waals surface area contributed by atoms with Crippen molar-refractivity contribution >= 4 is 17.4 Å². The van der Waals surface area contributed by atoms with Crippen molar-refractivity contribution in [3.63, 3.8) is 0 Å². The summed E-state index contributed by atoms with van der Waals surface area (Å²) in [4.78, 5) is 14.3. The number of para-hydroxylation sites is 1. The van der Waals surface area contributed by atoms with Crippen LogP contribution in [0.4, 0.5) is 4.79 Å². The molecule has 1 fully saturated rings. The van der Waals surface area contributed by atoms with Gasteiger partial charge in [-0.15, -0.1) is 0 Å². The van der Waals surface area contributed by atoms with Gasteiger partial charge in [-0.1, -0.05) is 18.2 Å². The predicted molar refractivity (Wildman–Crippen MR) is 88.2 cm³/mol. The van der Waals surface area contributed by atoms with Crippen LogP contribution in [0.3, 0.4) is 0 Å². The SMILES string of the molecule is O=C(NCCOc1ccccc1)N(Cc1ccsc1)C1CC1. The molecule has 4 nitrogen and oxygen atoms in total. The van der Waals surface area contributed by atoms with Crippen molar-refractivity contribution in [2.45, 2.75) is 25.4 Å². The number of carbonyl (C=O) groups is 1. The zero-order valence-corrected chi connectivity index (χ0v) is 13.2. The van der Waals surface area contributed by atoms with Crippen molar-refractivity contribution < 1.29 is 9.53 Å². The van der Waals surface area contributed by atoms with Crippen LogP contribution < -0.4 is 10.1 Å². The van der Waals surface area contributed by atoms with Gasteiger partial charge in [0.15, 0.2) is 0 Å². The molecule has 0 saturated heterocycles. The van der Waals surface area contributed by atoms with E-state index in [0.29, 0.717) is 25.7 Å². The number of carbonyl (C=O) groups excluding carboxylic acids is 1. The summed E-state index contributed by atoms with van der Waals surface area (Å²) in [6, 6.07) is 12.1. The second-order valence-electron chi connectivity index (χ2n) is 5.38. The van der Waals surface area contributed by atoms with E-state index in [4.69, 9.17) is 4.74 Å². The minimum Gasteiger partial charge on any atom is -0.492 e. The largest absolute Gasteiger partial charge is 0.492 e. The molecule has 1 heterocycles. The molecule has 0 radical (unpaired) electrons. The van der Waals surface area contributed by atoms with Crippen molar-refractivity contribution in [2.24, 2.45) is 0 Å². The number of urea groups is 1. The fourth-order valence-electron chi connectivity index (χ4n) is 2.28. The van der Waals surface area contributed by atoms with Gasteiger partial charge < -0.3 is 15.0 Å². The summed E-state index contributed by atoms with van der Waals surface area (Å²) >= 11 is 1.67. The third-order valence-electron chi connectivity index (χ3n) is 3.57. The Morgan fingerprint density at radius 2 is 2.09 bits per heavy atom. The van der Waals surface area contributed by atoms with Crippen molar-refractivity contribution in [3.8, 4) is 5.75 Å². The van der Waals surface area contributed by atoms with E-state index in [1.807, 2.05) is 40.6 Å². The number of hydrogen-bond acceptors (Lipinski definition) is 3. The highest BCUT2D eigenvalue weighted by atomic mass is 32.1. The second-order valence-corrected chi connectivity index (χ2v) is 6.16. The Kier molecular flexibility index (Phi) is 4.96. The number of amides is 2. The Morgan fingerprint density at radius 3 is 2.77 bits per heavy atom. The van der Waals surface area contributed by atoms with Gasteiger partial charge in [0.25, 0.3) is 0 Å². The highest BCUT2D eigenvalue weighted by molar-refractivity contribution is 7.07. The van der Waals surface area contributed by atoms with Crippen LogP contribution in [0.5, 0.6) is 5.75 Å². The normalized spacial score (nSPS) is 13.6. The molecular formula is C17H20N2O2S. The van der Waals surface area contributed by atoms with Crippen LogP contribution >= 0.6 is 11.3 Å². The third kappa shape index (κ3) is 4.24. The molecule has 0 spiro atoms. The van der Waals surface area contributed by atoms with Crippen LogP contribution in [0.1, 0.15) is 18.4 Å². The Morgan fingerprint density at radius 1 is 1.27 bits per heavy atom. The quantitative estimate of drug-likeness (QED) is 0.794. The summed E-state index contributed by atoms with van der Waals surface area (Å²) in [7, 11) is 0. The molecule has 3 rings (SSSR count). The lowest BCUT2D eigenvalue weighted by Gasteiger charge is -2.22. The molecule has 0 aliphatic heterocycles. The molecule has 116 valence electrons. The number of thiophene rings is 1. The van der Waals surface area contributed by atoms with E-state index < -0.39 is 0 Å². The molecular weight excluding hydrogens is 296 g/mol. The summed E-state index contributed by atoms with van der Waals surface area (Å²) in [5.74, 6) is 0.828. The Hall–Kier alpha value is -2.01. The van der Waals surface area contributed by atoms with Crippen molar-refractivity contribution in [2.75, 3.05) is 13.2 Å². The number of benzene rings is 1. The molecule has 0 atom stereocenters. The molecule has 0 bridgehead atoms. The monoisotopic (exact) mass is 316 g/mol. The summed E-state index contributed by atoms with van der Waals surface area (Å²) in [5.41, 5.74) is 1.20. The first-order valence-electron chi connectivity index (χ1n) is 7.56.